The van der Waals surface area contributed by atoms with Gasteiger partial charge in [0.05, 0.1) is 12.0 Å². The van der Waals surface area contributed by atoms with Gasteiger partial charge >= 0.3 is 0 Å². The fraction of sp³-hybridized carbons (Fsp3) is 0.300. The summed E-state index contributed by atoms with van der Waals surface area (Å²) in [6.45, 7) is 3.10. The fourth-order valence-corrected chi connectivity index (χ4v) is 2.73. The van der Waals surface area contributed by atoms with Gasteiger partial charge in [0, 0.05) is 25.8 Å². The summed E-state index contributed by atoms with van der Waals surface area (Å²) in [4.78, 5) is 9.63. The van der Waals surface area contributed by atoms with Crippen LogP contribution in [0.5, 0.6) is 0 Å². The SMILES string of the molecule is Cl.Cl.c1nc(CN2Cc3cscc3C2)c[nH]1. The van der Waals surface area contributed by atoms with Crippen LogP contribution in [0, 0.1) is 0 Å². The molecule has 0 amide bonds. The molecule has 3 heterocycles. The van der Waals surface area contributed by atoms with Crippen LogP contribution in [0.15, 0.2) is 23.3 Å². The predicted octanol–water partition coefficient (Wildman–Crippen LogP) is 2.83. The van der Waals surface area contributed by atoms with E-state index in [9.17, 15) is 0 Å². The van der Waals surface area contributed by atoms with Crippen LogP contribution < -0.4 is 0 Å². The summed E-state index contributed by atoms with van der Waals surface area (Å²) in [6, 6.07) is 0. The number of thiophene rings is 1. The maximum absolute atomic E-state index is 4.23. The van der Waals surface area contributed by atoms with Crippen LogP contribution in [-0.2, 0) is 19.6 Å². The smallest absolute Gasteiger partial charge is 0.0923 e. The van der Waals surface area contributed by atoms with Gasteiger partial charge in [-0.05, 0) is 21.9 Å². The standard InChI is InChI=1S/C10H11N3S.2ClH/c1-10(12-7-11-1)4-13-2-8-5-14-6-9(8)3-13;;/h1,5-7H,2-4H2,(H,11,12);2*1H. The summed E-state index contributed by atoms with van der Waals surface area (Å²) >= 11 is 1.80. The second kappa shape index (κ2) is 5.68. The Morgan fingerprint density at radius 3 is 2.50 bits per heavy atom. The van der Waals surface area contributed by atoms with Crippen LogP contribution in [0.2, 0.25) is 0 Å². The van der Waals surface area contributed by atoms with Crippen molar-refractivity contribution in [2.75, 3.05) is 0 Å². The third-order valence-electron chi connectivity index (χ3n) is 2.56. The van der Waals surface area contributed by atoms with Crippen molar-refractivity contribution in [3.63, 3.8) is 0 Å². The van der Waals surface area contributed by atoms with Gasteiger partial charge < -0.3 is 4.98 Å². The number of rotatable bonds is 2. The molecule has 2 aromatic rings. The van der Waals surface area contributed by atoms with Gasteiger partial charge in [-0.1, -0.05) is 0 Å². The molecule has 2 aromatic heterocycles. The molecule has 0 bridgehead atoms. The van der Waals surface area contributed by atoms with Gasteiger partial charge in [0.2, 0.25) is 0 Å². The summed E-state index contributed by atoms with van der Waals surface area (Å²) < 4.78 is 0. The lowest BCUT2D eigenvalue weighted by atomic mass is 10.2. The van der Waals surface area contributed by atoms with Gasteiger partial charge in [0.15, 0.2) is 0 Å². The molecule has 0 radical (unpaired) electrons. The van der Waals surface area contributed by atoms with E-state index in [0.29, 0.717) is 0 Å². The van der Waals surface area contributed by atoms with Crippen LogP contribution in [-0.4, -0.2) is 14.9 Å². The normalized spacial score (nSPS) is 14.0. The number of H-pyrrole nitrogens is 1. The van der Waals surface area contributed by atoms with E-state index in [1.807, 2.05) is 6.20 Å². The van der Waals surface area contributed by atoms with E-state index in [-0.39, 0.29) is 24.8 Å². The zero-order chi connectivity index (χ0) is 9.38. The molecule has 3 nitrogen and oxygen atoms in total. The van der Waals surface area contributed by atoms with E-state index in [1.165, 1.54) is 11.1 Å². The first kappa shape index (κ1) is 13.5. The van der Waals surface area contributed by atoms with Crippen LogP contribution in [0.25, 0.3) is 0 Å². The van der Waals surface area contributed by atoms with Crippen molar-refractivity contribution < 1.29 is 0 Å². The molecule has 3 rings (SSSR count). The molecule has 0 saturated carbocycles. The van der Waals surface area contributed by atoms with Crippen molar-refractivity contribution in [3.8, 4) is 0 Å². The number of hydrogen-bond acceptors (Lipinski definition) is 3. The van der Waals surface area contributed by atoms with Gasteiger partial charge in [0.1, 0.15) is 0 Å². The molecule has 1 aliphatic rings. The van der Waals surface area contributed by atoms with Crippen molar-refractivity contribution in [2.45, 2.75) is 19.6 Å². The number of halogens is 2. The molecule has 0 aromatic carbocycles. The fourth-order valence-electron chi connectivity index (χ4n) is 1.88. The lowest BCUT2D eigenvalue weighted by molar-refractivity contribution is 0.272. The zero-order valence-electron chi connectivity index (χ0n) is 8.55. The first-order valence-corrected chi connectivity index (χ1v) is 5.60. The maximum Gasteiger partial charge on any atom is 0.0923 e. The Labute approximate surface area is 111 Å². The summed E-state index contributed by atoms with van der Waals surface area (Å²) in [5.74, 6) is 0. The molecule has 0 aliphatic carbocycles. The first-order valence-electron chi connectivity index (χ1n) is 4.66. The minimum absolute atomic E-state index is 0. The van der Waals surface area contributed by atoms with Crippen LogP contribution in [0.3, 0.4) is 0 Å². The largest absolute Gasteiger partial charge is 0.351 e. The molecular weight excluding hydrogens is 265 g/mol. The minimum atomic E-state index is 0. The van der Waals surface area contributed by atoms with Gasteiger partial charge in [-0.2, -0.15) is 11.3 Å². The Hall–Kier alpha value is -0.550. The Morgan fingerprint density at radius 2 is 1.94 bits per heavy atom. The molecule has 6 heteroatoms. The Bertz CT molecular complexity index is 406. The number of hydrogen-bond donors (Lipinski definition) is 1. The highest BCUT2D eigenvalue weighted by Crippen LogP contribution is 2.26. The zero-order valence-corrected chi connectivity index (χ0v) is 11.0. The second-order valence-corrected chi connectivity index (χ2v) is 4.37. The summed E-state index contributed by atoms with van der Waals surface area (Å²) in [5, 5.41) is 4.50. The number of imidazole rings is 1. The molecule has 0 saturated heterocycles. The van der Waals surface area contributed by atoms with E-state index < -0.39 is 0 Å². The van der Waals surface area contributed by atoms with E-state index >= 15 is 0 Å². The van der Waals surface area contributed by atoms with E-state index in [1.54, 1.807) is 17.7 Å². The quantitative estimate of drug-likeness (QED) is 0.916. The average Bonchev–Trinajstić information content (AvgIpc) is 2.78. The van der Waals surface area contributed by atoms with Crippen LogP contribution in [0.1, 0.15) is 16.8 Å². The van der Waals surface area contributed by atoms with Crippen molar-refractivity contribution in [1.82, 2.24) is 14.9 Å². The van der Waals surface area contributed by atoms with Gasteiger partial charge in [-0.25, -0.2) is 4.98 Å². The third kappa shape index (κ3) is 2.58. The molecule has 88 valence electrons. The van der Waals surface area contributed by atoms with E-state index in [4.69, 9.17) is 0 Å². The van der Waals surface area contributed by atoms with E-state index in [0.717, 1.165) is 25.3 Å². The van der Waals surface area contributed by atoms with Crippen molar-refractivity contribution in [2.24, 2.45) is 0 Å². The van der Waals surface area contributed by atoms with Gasteiger partial charge in [-0.15, -0.1) is 24.8 Å². The molecule has 0 atom stereocenters. The number of fused-ring (bicyclic) bond motifs is 1. The van der Waals surface area contributed by atoms with Gasteiger partial charge in [-0.3, -0.25) is 4.90 Å². The third-order valence-corrected chi connectivity index (χ3v) is 3.40. The molecule has 0 fully saturated rings. The first-order chi connectivity index (χ1) is 6.92. The summed E-state index contributed by atoms with van der Waals surface area (Å²) in [7, 11) is 0. The number of nitrogens with one attached hydrogen (secondary N) is 1. The maximum atomic E-state index is 4.23. The van der Waals surface area contributed by atoms with Crippen molar-refractivity contribution >= 4 is 36.2 Å². The molecule has 1 aliphatic heterocycles. The van der Waals surface area contributed by atoms with Crippen LogP contribution in [0.4, 0.5) is 0 Å². The molecular formula is C10H13Cl2N3S. The molecule has 0 spiro atoms. The Kier molecular flexibility index (Phi) is 4.80. The van der Waals surface area contributed by atoms with Gasteiger partial charge in [0.25, 0.3) is 0 Å². The minimum Gasteiger partial charge on any atom is -0.351 e. The van der Waals surface area contributed by atoms with E-state index in [2.05, 4.69) is 25.6 Å². The highest BCUT2D eigenvalue weighted by atomic mass is 35.5. The van der Waals surface area contributed by atoms with Crippen molar-refractivity contribution in [3.05, 3.63) is 40.1 Å². The highest BCUT2D eigenvalue weighted by molar-refractivity contribution is 7.08. The number of nitrogens with zero attached hydrogens (tertiary/aromatic N) is 2. The summed E-state index contributed by atoms with van der Waals surface area (Å²) in [6.07, 6.45) is 3.70. The lowest BCUT2D eigenvalue weighted by Crippen LogP contribution is -2.15. The monoisotopic (exact) mass is 277 g/mol. The summed E-state index contributed by atoms with van der Waals surface area (Å²) in [5.41, 5.74) is 4.11. The van der Waals surface area contributed by atoms with Crippen molar-refractivity contribution in [1.29, 1.82) is 0 Å². The molecule has 0 unspecified atom stereocenters. The second-order valence-electron chi connectivity index (χ2n) is 3.63. The highest BCUT2D eigenvalue weighted by Gasteiger charge is 2.19. The lowest BCUT2D eigenvalue weighted by Gasteiger charge is -2.12. The number of aromatic amines is 1. The average molecular weight is 278 g/mol. The predicted molar refractivity (Wildman–Crippen MR) is 70.4 cm³/mol. The Morgan fingerprint density at radius 1 is 1.25 bits per heavy atom. The van der Waals surface area contributed by atoms with Crippen LogP contribution >= 0.6 is 36.2 Å². The molecule has 16 heavy (non-hydrogen) atoms. The molecule has 1 N–H and O–H groups in total. The Balaban J connectivity index is 0.000000640. The topological polar surface area (TPSA) is 31.9 Å². The number of aromatic nitrogens is 2.